The smallest absolute Gasteiger partial charge is 0.427 e. The molecule has 3 fully saturated rings. The molecular weight excluding hydrogens is 356 g/mol. The van der Waals surface area contributed by atoms with Crippen LogP contribution in [0.2, 0.25) is 0 Å². The molecule has 0 aromatic heterocycles. The number of nitrogens with zero attached hydrogens (tertiary/aromatic N) is 2. The molecule has 4 rings (SSSR count). The molecule has 0 unspecified atom stereocenters. The van der Waals surface area contributed by atoms with Crippen LogP contribution in [-0.4, -0.2) is 60.3 Å². The van der Waals surface area contributed by atoms with E-state index in [1.165, 1.54) is 23.1 Å². The first-order valence-electron chi connectivity index (χ1n) is 8.20. The monoisotopic (exact) mass is 374 g/mol. The van der Waals surface area contributed by atoms with Crippen molar-refractivity contribution in [3.8, 4) is 5.75 Å². The van der Waals surface area contributed by atoms with Crippen molar-refractivity contribution in [2.24, 2.45) is 5.92 Å². The molecule has 0 spiro atoms. The van der Waals surface area contributed by atoms with Crippen LogP contribution in [0.15, 0.2) is 24.3 Å². The zero-order valence-corrected chi connectivity index (χ0v) is 14.0. The largest absolute Gasteiger partial charge is 0.461 e. The number of rotatable bonds is 4. The molecule has 5 nitrogen and oxygen atoms in total. The maximum Gasteiger partial charge on any atom is 0.461 e. The molecule has 2 atom stereocenters. The molecule has 0 radical (unpaired) electrons. The Morgan fingerprint density at radius 2 is 1.92 bits per heavy atom. The first-order chi connectivity index (χ1) is 12.2. The summed E-state index contributed by atoms with van der Waals surface area (Å²) in [6, 6.07) is 4.90. The van der Waals surface area contributed by atoms with Crippen LogP contribution in [-0.2, 0) is 4.79 Å². The van der Waals surface area contributed by atoms with Gasteiger partial charge in [-0.25, -0.2) is 0 Å². The van der Waals surface area contributed by atoms with Crippen LogP contribution < -0.4 is 4.74 Å². The molecule has 3 aliphatic rings. The molecule has 2 amide bonds. The third-order valence-corrected chi connectivity index (χ3v) is 4.87. The van der Waals surface area contributed by atoms with Gasteiger partial charge < -0.3 is 14.5 Å². The number of likely N-dealkylation sites (N-methyl/N-ethyl adjacent to an activating group) is 1. The number of piperidine rings is 1. The molecule has 2 bridgehead atoms. The fourth-order valence-electron chi connectivity index (χ4n) is 3.42. The second kappa shape index (κ2) is 6.77. The van der Waals surface area contributed by atoms with Crippen LogP contribution in [0.25, 0.3) is 0 Å². The third kappa shape index (κ3) is 3.34. The van der Waals surface area contributed by atoms with E-state index in [1.807, 2.05) is 0 Å². The van der Waals surface area contributed by atoms with Crippen LogP contribution in [0.4, 0.5) is 17.6 Å². The van der Waals surface area contributed by atoms with Gasteiger partial charge in [0.2, 0.25) is 5.91 Å². The molecule has 3 aliphatic heterocycles. The molecule has 1 aromatic carbocycles. The lowest BCUT2D eigenvalue weighted by Gasteiger charge is -2.32. The molecular formula is C17H18F4N2O3. The summed E-state index contributed by atoms with van der Waals surface area (Å²) in [7, 11) is 1.67. The molecule has 1 aromatic rings. The highest BCUT2D eigenvalue weighted by molar-refractivity contribution is 5.97. The number of halogens is 4. The normalized spacial score (nSPS) is 23.4. The van der Waals surface area contributed by atoms with Crippen LogP contribution in [0.5, 0.6) is 5.75 Å². The minimum Gasteiger partial charge on any atom is -0.427 e. The first-order valence-corrected chi connectivity index (χ1v) is 8.20. The summed E-state index contributed by atoms with van der Waals surface area (Å²) in [5.74, 6) is -1.63. The summed E-state index contributed by atoms with van der Waals surface area (Å²) < 4.78 is 55.5. The molecule has 3 saturated heterocycles. The highest BCUT2D eigenvalue weighted by Crippen LogP contribution is 2.33. The third-order valence-electron chi connectivity index (χ3n) is 4.87. The van der Waals surface area contributed by atoms with E-state index in [2.05, 4.69) is 4.74 Å². The van der Waals surface area contributed by atoms with Crippen molar-refractivity contribution < 1.29 is 31.9 Å². The highest BCUT2D eigenvalue weighted by atomic mass is 19.3. The van der Waals surface area contributed by atoms with E-state index in [4.69, 9.17) is 0 Å². The van der Waals surface area contributed by atoms with Crippen molar-refractivity contribution in [2.45, 2.75) is 31.4 Å². The fourth-order valence-corrected chi connectivity index (χ4v) is 3.42. The molecule has 142 valence electrons. The highest BCUT2D eigenvalue weighted by Gasteiger charge is 2.45. The van der Waals surface area contributed by atoms with E-state index in [9.17, 15) is 27.2 Å². The number of benzene rings is 1. The Morgan fingerprint density at radius 3 is 2.62 bits per heavy atom. The average Bonchev–Trinajstić information content (AvgIpc) is 2.88. The van der Waals surface area contributed by atoms with E-state index in [0.717, 1.165) is 12.5 Å². The van der Waals surface area contributed by atoms with Crippen LogP contribution in [0.1, 0.15) is 23.2 Å². The van der Waals surface area contributed by atoms with E-state index >= 15 is 0 Å². The Bertz CT molecular complexity index is 713. The lowest BCUT2D eigenvalue weighted by atomic mass is 9.95. The second-order valence-corrected chi connectivity index (χ2v) is 6.55. The Kier molecular flexibility index (Phi) is 4.81. The second-order valence-electron chi connectivity index (χ2n) is 6.55. The summed E-state index contributed by atoms with van der Waals surface area (Å²) in [6.07, 6.45) is -7.33. The van der Waals surface area contributed by atoms with Gasteiger partial charge in [-0.15, -0.1) is 0 Å². The molecule has 3 heterocycles. The maximum absolute atomic E-state index is 13.3. The standard InChI is InChI=1S/C17H18F4N2O3/c1-22-11-7-6-10(14(22)24)8-23(9-11)15(25)12-4-2-3-5-13(12)26-17(20,21)16(18)19/h2-5,10-11,16H,6-9H2,1H3/t10-,11+/m1/s1. The Morgan fingerprint density at radius 1 is 1.23 bits per heavy atom. The summed E-state index contributed by atoms with van der Waals surface area (Å²) in [6.45, 7) is 0.426. The van der Waals surface area contributed by atoms with Gasteiger partial charge in [0.25, 0.3) is 5.91 Å². The summed E-state index contributed by atoms with van der Waals surface area (Å²) >= 11 is 0. The number of carbonyl (C=O) groups excluding carboxylic acids is 2. The van der Waals surface area contributed by atoms with Gasteiger partial charge >= 0.3 is 12.5 Å². The Labute approximate surface area is 147 Å². The van der Waals surface area contributed by atoms with Crippen LogP contribution in [0.3, 0.4) is 0 Å². The van der Waals surface area contributed by atoms with Crippen molar-refractivity contribution >= 4 is 11.8 Å². The summed E-state index contributed by atoms with van der Waals surface area (Å²) in [5.41, 5.74) is -0.232. The number of hydrogen-bond acceptors (Lipinski definition) is 3. The quantitative estimate of drug-likeness (QED) is 0.762. The lowest BCUT2D eigenvalue weighted by molar-refractivity contribution is -0.253. The summed E-state index contributed by atoms with van der Waals surface area (Å²) in [5, 5.41) is 0. The zero-order chi connectivity index (χ0) is 19.1. The van der Waals surface area contributed by atoms with Gasteiger partial charge in [-0.3, -0.25) is 9.59 Å². The summed E-state index contributed by atoms with van der Waals surface area (Å²) in [4.78, 5) is 28.1. The molecule has 0 aliphatic carbocycles. The van der Waals surface area contributed by atoms with Gasteiger partial charge in [0.1, 0.15) is 5.75 Å². The predicted molar refractivity (Wildman–Crippen MR) is 83.2 cm³/mol. The average molecular weight is 374 g/mol. The zero-order valence-electron chi connectivity index (χ0n) is 14.0. The predicted octanol–water partition coefficient (Wildman–Crippen LogP) is 2.62. The van der Waals surface area contributed by atoms with Crippen molar-refractivity contribution in [2.75, 3.05) is 20.1 Å². The number of ether oxygens (including phenoxy) is 1. The minimum absolute atomic E-state index is 0.0506. The van der Waals surface area contributed by atoms with E-state index in [1.54, 1.807) is 11.9 Å². The first kappa shape index (κ1) is 18.5. The number of carbonyl (C=O) groups is 2. The number of para-hydroxylation sites is 1. The Hall–Kier alpha value is -2.32. The van der Waals surface area contributed by atoms with Crippen molar-refractivity contribution in [1.82, 2.24) is 9.80 Å². The van der Waals surface area contributed by atoms with E-state index in [0.29, 0.717) is 6.42 Å². The maximum atomic E-state index is 13.3. The van der Waals surface area contributed by atoms with E-state index < -0.39 is 24.2 Å². The molecule has 9 heteroatoms. The number of alkyl halides is 4. The van der Waals surface area contributed by atoms with Crippen molar-refractivity contribution in [3.63, 3.8) is 0 Å². The van der Waals surface area contributed by atoms with E-state index in [-0.39, 0.29) is 36.5 Å². The Balaban J connectivity index is 1.86. The lowest BCUT2D eigenvalue weighted by Crippen LogP contribution is -2.45. The van der Waals surface area contributed by atoms with Gasteiger partial charge in [-0.1, -0.05) is 12.1 Å². The number of amides is 2. The molecule has 26 heavy (non-hydrogen) atoms. The SMILES string of the molecule is CN1C(=O)[C@@H]2CC[C@H]1CN(C(=O)c1ccccc1OC(F)(F)C(F)F)C2. The minimum atomic E-state index is -4.70. The topological polar surface area (TPSA) is 49.9 Å². The van der Waals surface area contributed by atoms with Gasteiger partial charge in [0.15, 0.2) is 0 Å². The van der Waals surface area contributed by atoms with Crippen LogP contribution in [0, 0.1) is 5.92 Å². The van der Waals surface area contributed by atoms with Gasteiger partial charge in [0, 0.05) is 26.2 Å². The molecule has 0 saturated carbocycles. The molecule has 0 N–H and O–H groups in total. The van der Waals surface area contributed by atoms with Gasteiger partial charge in [0.05, 0.1) is 11.5 Å². The van der Waals surface area contributed by atoms with Crippen molar-refractivity contribution in [1.29, 1.82) is 0 Å². The van der Waals surface area contributed by atoms with Crippen LogP contribution >= 0.6 is 0 Å². The van der Waals surface area contributed by atoms with Crippen molar-refractivity contribution in [3.05, 3.63) is 29.8 Å². The number of hydrogen-bond donors (Lipinski definition) is 0. The van der Waals surface area contributed by atoms with Gasteiger partial charge in [-0.05, 0) is 25.0 Å². The fraction of sp³-hybridized carbons (Fsp3) is 0.529. The van der Waals surface area contributed by atoms with Gasteiger partial charge in [-0.2, -0.15) is 17.6 Å². The number of fused-ring (bicyclic) bond motifs is 4.